The summed E-state index contributed by atoms with van der Waals surface area (Å²) in [6.45, 7) is 10.3. The van der Waals surface area contributed by atoms with E-state index in [1.54, 1.807) is 12.4 Å². The van der Waals surface area contributed by atoms with Crippen LogP contribution in [-0.2, 0) is 0 Å². The third-order valence-corrected chi connectivity index (χ3v) is 5.47. The molecule has 0 radical (unpaired) electrons. The van der Waals surface area contributed by atoms with Gasteiger partial charge in [0, 0.05) is 29.9 Å². The van der Waals surface area contributed by atoms with Crippen LogP contribution in [0.5, 0.6) is 0 Å². The second-order valence-corrected chi connectivity index (χ2v) is 7.32. The van der Waals surface area contributed by atoms with Gasteiger partial charge in [0.05, 0.1) is 22.8 Å². The Morgan fingerprint density at radius 3 is 2.71 bits per heavy atom. The summed E-state index contributed by atoms with van der Waals surface area (Å²) in [5.74, 6) is 0. The molecule has 28 heavy (non-hydrogen) atoms. The summed E-state index contributed by atoms with van der Waals surface area (Å²) in [5, 5.41) is 7.77. The maximum Gasteiger partial charge on any atom is 0.257 e. The molecule has 1 aliphatic heterocycles. The van der Waals surface area contributed by atoms with E-state index in [9.17, 15) is 4.79 Å². The van der Waals surface area contributed by atoms with Gasteiger partial charge in [-0.2, -0.15) is 5.10 Å². The van der Waals surface area contributed by atoms with Crippen LogP contribution in [0.4, 0.5) is 0 Å². The second kappa shape index (κ2) is 7.08. The highest BCUT2D eigenvalue weighted by Gasteiger charge is 2.32. The van der Waals surface area contributed by atoms with Gasteiger partial charge in [-0.3, -0.25) is 14.8 Å². The number of nitrogens with one attached hydrogen (secondary N) is 1. The Morgan fingerprint density at radius 2 is 2.00 bits per heavy atom. The standard InChI is InChI=1S/C23H24N4O/c1-5-15(3)27-21(17-8-6-14(2)7-9-17)12-20(26-27)22-16(4)18-13-24-11-10-19(18)25-23(22)28/h6-11,13,21H,3,5,12H2,1-2,4H3,(H,25,28). The number of nitrogens with zero attached hydrogens (tertiary/aromatic N) is 3. The van der Waals surface area contributed by atoms with Crippen LogP contribution in [-0.4, -0.2) is 20.7 Å². The van der Waals surface area contributed by atoms with E-state index in [4.69, 9.17) is 5.10 Å². The topological polar surface area (TPSA) is 61.4 Å². The summed E-state index contributed by atoms with van der Waals surface area (Å²) in [5.41, 5.74) is 6.38. The van der Waals surface area contributed by atoms with Crippen molar-refractivity contribution >= 4 is 16.6 Å². The summed E-state index contributed by atoms with van der Waals surface area (Å²) < 4.78 is 0. The molecule has 1 unspecified atom stereocenters. The van der Waals surface area contributed by atoms with E-state index in [0.29, 0.717) is 12.0 Å². The number of aromatic amines is 1. The van der Waals surface area contributed by atoms with Crippen LogP contribution >= 0.6 is 0 Å². The van der Waals surface area contributed by atoms with Crippen molar-refractivity contribution in [2.24, 2.45) is 5.10 Å². The monoisotopic (exact) mass is 372 g/mol. The predicted molar refractivity (Wildman–Crippen MR) is 113 cm³/mol. The van der Waals surface area contributed by atoms with Crippen LogP contribution in [0, 0.1) is 13.8 Å². The average Bonchev–Trinajstić information content (AvgIpc) is 3.13. The van der Waals surface area contributed by atoms with Gasteiger partial charge in [0.2, 0.25) is 0 Å². The maximum absolute atomic E-state index is 12.9. The quantitative estimate of drug-likeness (QED) is 0.727. The molecule has 142 valence electrons. The molecular weight excluding hydrogens is 348 g/mol. The number of hydrazone groups is 1. The first-order valence-electron chi connectivity index (χ1n) is 9.57. The average molecular weight is 372 g/mol. The molecule has 2 aromatic heterocycles. The minimum atomic E-state index is -0.110. The van der Waals surface area contributed by atoms with Crippen LogP contribution in [0.1, 0.15) is 48.1 Å². The van der Waals surface area contributed by atoms with E-state index < -0.39 is 0 Å². The van der Waals surface area contributed by atoms with Gasteiger partial charge in [0.15, 0.2) is 0 Å². The molecule has 0 saturated carbocycles. The first kappa shape index (κ1) is 18.2. The summed E-state index contributed by atoms with van der Waals surface area (Å²) >= 11 is 0. The minimum Gasteiger partial charge on any atom is -0.321 e. The summed E-state index contributed by atoms with van der Waals surface area (Å²) in [7, 11) is 0. The number of fused-ring (bicyclic) bond motifs is 1. The molecule has 0 fully saturated rings. The minimum absolute atomic E-state index is 0.0476. The molecule has 4 rings (SSSR count). The van der Waals surface area contributed by atoms with Crippen molar-refractivity contribution in [3.8, 4) is 0 Å². The lowest BCUT2D eigenvalue weighted by atomic mass is 9.95. The maximum atomic E-state index is 12.9. The summed E-state index contributed by atoms with van der Waals surface area (Å²) in [6, 6.07) is 10.4. The largest absolute Gasteiger partial charge is 0.321 e. The first-order chi connectivity index (χ1) is 13.5. The number of aryl methyl sites for hydroxylation is 2. The Morgan fingerprint density at radius 1 is 1.25 bits per heavy atom. The molecule has 1 atom stereocenters. The number of benzene rings is 1. The lowest BCUT2D eigenvalue weighted by Crippen LogP contribution is -2.20. The van der Waals surface area contributed by atoms with E-state index in [0.717, 1.165) is 34.3 Å². The van der Waals surface area contributed by atoms with E-state index in [-0.39, 0.29) is 11.6 Å². The van der Waals surface area contributed by atoms with Gasteiger partial charge in [-0.25, -0.2) is 0 Å². The smallest absolute Gasteiger partial charge is 0.257 e. The number of aromatic nitrogens is 2. The third kappa shape index (κ3) is 3.03. The SMILES string of the molecule is C=C(CC)N1N=C(c2c(C)c3cnccc3[nH]c2=O)CC1c1ccc(C)cc1. The number of hydrogen-bond acceptors (Lipinski definition) is 4. The molecule has 0 amide bonds. The Labute approximate surface area is 164 Å². The fourth-order valence-electron chi connectivity index (χ4n) is 3.80. The van der Waals surface area contributed by atoms with Gasteiger partial charge >= 0.3 is 0 Å². The number of allylic oxidation sites excluding steroid dienone is 1. The third-order valence-electron chi connectivity index (χ3n) is 5.47. The van der Waals surface area contributed by atoms with Crippen LogP contribution in [0.2, 0.25) is 0 Å². The Balaban J connectivity index is 1.82. The van der Waals surface area contributed by atoms with E-state index in [2.05, 4.69) is 54.7 Å². The van der Waals surface area contributed by atoms with Gasteiger partial charge in [0.25, 0.3) is 5.56 Å². The molecule has 1 aliphatic rings. The molecule has 5 heteroatoms. The van der Waals surface area contributed by atoms with Gasteiger partial charge in [-0.1, -0.05) is 43.3 Å². The number of hydrogen-bond donors (Lipinski definition) is 1. The van der Waals surface area contributed by atoms with Gasteiger partial charge < -0.3 is 4.98 Å². The van der Waals surface area contributed by atoms with Crippen molar-refractivity contribution in [1.29, 1.82) is 0 Å². The predicted octanol–water partition coefficient (Wildman–Crippen LogP) is 4.61. The van der Waals surface area contributed by atoms with Gasteiger partial charge in [-0.05, 0) is 37.5 Å². The normalized spacial score (nSPS) is 16.5. The molecule has 0 aliphatic carbocycles. The Hall–Kier alpha value is -3.21. The molecule has 5 nitrogen and oxygen atoms in total. The number of pyridine rings is 2. The van der Waals surface area contributed by atoms with Crippen molar-refractivity contribution in [1.82, 2.24) is 15.0 Å². The zero-order valence-corrected chi connectivity index (χ0v) is 16.5. The van der Waals surface area contributed by atoms with E-state index in [1.807, 2.05) is 18.0 Å². The molecule has 1 aromatic carbocycles. The number of rotatable bonds is 4. The molecule has 0 bridgehead atoms. The highest BCUT2D eigenvalue weighted by molar-refractivity contribution is 6.05. The number of H-pyrrole nitrogens is 1. The van der Waals surface area contributed by atoms with Crippen LogP contribution in [0.25, 0.3) is 10.9 Å². The van der Waals surface area contributed by atoms with Crippen molar-refractivity contribution in [2.75, 3.05) is 0 Å². The van der Waals surface area contributed by atoms with Gasteiger partial charge in [0.1, 0.15) is 0 Å². The van der Waals surface area contributed by atoms with E-state index >= 15 is 0 Å². The second-order valence-electron chi connectivity index (χ2n) is 7.32. The molecule has 3 aromatic rings. The molecular formula is C23H24N4O. The highest BCUT2D eigenvalue weighted by atomic mass is 16.1. The highest BCUT2D eigenvalue weighted by Crippen LogP contribution is 2.36. The lowest BCUT2D eigenvalue weighted by molar-refractivity contribution is 0.293. The van der Waals surface area contributed by atoms with Crippen LogP contribution in [0.15, 0.2) is 64.9 Å². The fraction of sp³-hybridized carbons (Fsp3) is 0.261. The van der Waals surface area contributed by atoms with Crippen molar-refractivity contribution in [3.63, 3.8) is 0 Å². The van der Waals surface area contributed by atoms with Crippen molar-refractivity contribution in [3.05, 3.63) is 87.6 Å². The Bertz CT molecular complexity index is 1140. The zero-order valence-electron chi connectivity index (χ0n) is 16.5. The lowest BCUT2D eigenvalue weighted by Gasteiger charge is -2.25. The van der Waals surface area contributed by atoms with Crippen molar-refractivity contribution in [2.45, 2.75) is 39.7 Å². The van der Waals surface area contributed by atoms with Crippen molar-refractivity contribution < 1.29 is 0 Å². The summed E-state index contributed by atoms with van der Waals surface area (Å²) in [4.78, 5) is 20.1. The van der Waals surface area contributed by atoms with E-state index in [1.165, 1.54) is 11.1 Å². The molecule has 0 saturated heterocycles. The fourth-order valence-corrected chi connectivity index (χ4v) is 3.80. The molecule has 3 heterocycles. The van der Waals surface area contributed by atoms with Crippen LogP contribution in [0.3, 0.4) is 0 Å². The first-order valence-corrected chi connectivity index (χ1v) is 9.57. The summed E-state index contributed by atoms with van der Waals surface area (Å²) in [6.07, 6.45) is 4.94. The molecule has 1 N–H and O–H groups in total. The van der Waals surface area contributed by atoms with Crippen LogP contribution < -0.4 is 5.56 Å². The van der Waals surface area contributed by atoms with Gasteiger partial charge in [-0.15, -0.1) is 0 Å². The molecule has 0 spiro atoms. The zero-order chi connectivity index (χ0) is 19.8. The Kier molecular flexibility index (Phi) is 4.59.